The number of rotatable bonds is 2. The van der Waals surface area contributed by atoms with Crippen LogP contribution in [0.5, 0.6) is 0 Å². The Morgan fingerprint density at radius 2 is 1.89 bits per heavy atom. The van der Waals surface area contributed by atoms with Crippen molar-refractivity contribution in [3.63, 3.8) is 0 Å². The van der Waals surface area contributed by atoms with Crippen LogP contribution in [0.15, 0.2) is 0 Å². The summed E-state index contributed by atoms with van der Waals surface area (Å²) in [6.45, 7) is 0.234. The van der Waals surface area contributed by atoms with Gasteiger partial charge in [0.2, 0.25) is 3.79 Å². The fourth-order valence-corrected chi connectivity index (χ4v) is 0.556. The van der Waals surface area contributed by atoms with Crippen molar-refractivity contribution in [3.05, 3.63) is 0 Å². The summed E-state index contributed by atoms with van der Waals surface area (Å²) in [6, 6.07) is 0. The quantitative estimate of drug-likeness (QED) is 0.639. The second kappa shape index (κ2) is 4.09. The third kappa shape index (κ3) is 4.51. The van der Waals surface area contributed by atoms with Gasteiger partial charge in [-0.05, 0) is 0 Å². The van der Waals surface area contributed by atoms with E-state index < -0.39 is 9.17 Å². The molecule has 0 heterocycles. The second-order valence-electron chi connectivity index (χ2n) is 1.46. The number of halogens is 4. The van der Waals surface area contributed by atoms with Gasteiger partial charge in [0.25, 0.3) is 0 Å². The van der Waals surface area contributed by atoms with Crippen LogP contribution in [0, 0.1) is 0 Å². The molecule has 0 radical (unpaired) electrons. The molecule has 0 saturated heterocycles. The second-order valence-corrected chi connectivity index (χ2v) is 4.36. The minimum absolute atomic E-state index is 0.234. The van der Waals surface area contributed by atoms with Crippen LogP contribution in [0.25, 0.3) is 0 Å². The smallest absolute Gasteiger partial charge is 0.208 e. The molecule has 0 aromatic heterocycles. The van der Waals surface area contributed by atoms with Gasteiger partial charge >= 0.3 is 0 Å². The summed E-state index contributed by atoms with van der Waals surface area (Å²) in [6.07, 6.45) is 0. The Bertz CT molecular complexity index is 79.1. The Morgan fingerprint density at radius 3 is 2.00 bits per heavy atom. The zero-order valence-corrected chi connectivity index (χ0v) is 7.73. The minimum Gasteiger partial charge on any atom is -0.383 e. The minimum atomic E-state index is -1.43. The van der Waals surface area contributed by atoms with Crippen molar-refractivity contribution in [1.82, 2.24) is 0 Å². The lowest BCUT2D eigenvalue weighted by molar-refractivity contribution is 0.198. The topological polar surface area (TPSA) is 9.23 Å². The van der Waals surface area contributed by atoms with Crippen LogP contribution in [0.2, 0.25) is 0 Å². The van der Waals surface area contributed by atoms with E-state index in [9.17, 15) is 0 Å². The average molecular weight is 212 g/mol. The number of methoxy groups -OCH3 is 1. The Morgan fingerprint density at radius 1 is 1.44 bits per heavy atom. The third-order valence-corrected chi connectivity index (χ3v) is 2.25. The van der Waals surface area contributed by atoms with Gasteiger partial charge in [0.05, 0.1) is 6.61 Å². The number of hydrogen-bond acceptors (Lipinski definition) is 1. The fourth-order valence-electron chi connectivity index (χ4n) is 0.241. The van der Waals surface area contributed by atoms with Crippen LogP contribution < -0.4 is 0 Å². The van der Waals surface area contributed by atoms with Crippen molar-refractivity contribution in [2.24, 2.45) is 0 Å². The standard InChI is InChI=1S/C4H6Cl4O/c1-9-2-3(5)4(6,7)8/h3H,2H2,1H3. The Balaban J connectivity index is 3.59. The van der Waals surface area contributed by atoms with Gasteiger partial charge in [-0.15, -0.1) is 11.6 Å². The van der Waals surface area contributed by atoms with E-state index in [0.717, 1.165) is 0 Å². The molecule has 0 spiro atoms. The predicted molar refractivity (Wildman–Crippen MR) is 41.8 cm³/mol. The monoisotopic (exact) mass is 210 g/mol. The van der Waals surface area contributed by atoms with Crippen molar-refractivity contribution in [2.45, 2.75) is 9.17 Å². The summed E-state index contributed by atoms with van der Waals surface area (Å²) in [5, 5.41) is -0.590. The highest BCUT2D eigenvalue weighted by molar-refractivity contribution is 6.70. The molecule has 0 rings (SSSR count). The molecular weight excluding hydrogens is 206 g/mol. The SMILES string of the molecule is COCC(Cl)C(Cl)(Cl)Cl. The van der Waals surface area contributed by atoms with Gasteiger partial charge in [0.1, 0.15) is 5.38 Å². The third-order valence-electron chi connectivity index (χ3n) is 0.668. The van der Waals surface area contributed by atoms with E-state index in [2.05, 4.69) is 4.74 Å². The molecular formula is C4H6Cl4O. The summed E-state index contributed by atoms with van der Waals surface area (Å²) in [4.78, 5) is 0. The maximum Gasteiger partial charge on any atom is 0.208 e. The van der Waals surface area contributed by atoms with Crippen molar-refractivity contribution in [2.75, 3.05) is 13.7 Å². The van der Waals surface area contributed by atoms with Crippen molar-refractivity contribution < 1.29 is 4.74 Å². The van der Waals surface area contributed by atoms with Gasteiger partial charge in [-0.25, -0.2) is 0 Å². The molecule has 0 aromatic rings. The van der Waals surface area contributed by atoms with Crippen molar-refractivity contribution in [3.8, 4) is 0 Å². The van der Waals surface area contributed by atoms with Gasteiger partial charge < -0.3 is 4.74 Å². The van der Waals surface area contributed by atoms with E-state index in [0.29, 0.717) is 0 Å². The van der Waals surface area contributed by atoms with E-state index in [1.54, 1.807) is 0 Å². The maximum absolute atomic E-state index is 5.54. The summed E-state index contributed by atoms with van der Waals surface area (Å²) in [7, 11) is 1.49. The summed E-state index contributed by atoms with van der Waals surface area (Å²) in [5.74, 6) is 0. The first-order valence-corrected chi connectivity index (χ1v) is 3.75. The van der Waals surface area contributed by atoms with Crippen molar-refractivity contribution >= 4 is 46.4 Å². The molecule has 9 heavy (non-hydrogen) atoms. The predicted octanol–water partition coefficient (Wildman–Crippen LogP) is 2.61. The zero-order valence-electron chi connectivity index (χ0n) is 4.70. The first-order valence-electron chi connectivity index (χ1n) is 2.18. The molecule has 0 bridgehead atoms. The summed E-state index contributed by atoms with van der Waals surface area (Å²) < 4.78 is 3.21. The van der Waals surface area contributed by atoms with E-state index in [1.165, 1.54) is 7.11 Å². The molecule has 56 valence electrons. The van der Waals surface area contributed by atoms with E-state index in [4.69, 9.17) is 46.4 Å². The molecule has 0 aromatic carbocycles. The van der Waals surface area contributed by atoms with Gasteiger partial charge in [-0.3, -0.25) is 0 Å². The lowest BCUT2D eigenvalue weighted by atomic mass is 10.5. The molecule has 1 unspecified atom stereocenters. The van der Waals surface area contributed by atoms with Gasteiger partial charge in [-0.1, -0.05) is 34.8 Å². The molecule has 0 amide bonds. The van der Waals surface area contributed by atoms with Crippen molar-refractivity contribution in [1.29, 1.82) is 0 Å². The molecule has 5 heteroatoms. The highest BCUT2D eigenvalue weighted by Gasteiger charge is 2.30. The van der Waals surface area contributed by atoms with Crippen LogP contribution in [0.3, 0.4) is 0 Å². The molecule has 0 aliphatic heterocycles. The number of alkyl halides is 4. The lowest BCUT2D eigenvalue weighted by Crippen LogP contribution is -2.24. The highest BCUT2D eigenvalue weighted by Crippen LogP contribution is 2.33. The van der Waals surface area contributed by atoms with Crippen LogP contribution in [0.4, 0.5) is 0 Å². The molecule has 0 N–H and O–H groups in total. The van der Waals surface area contributed by atoms with Crippen LogP contribution >= 0.6 is 46.4 Å². The molecule has 1 atom stereocenters. The van der Waals surface area contributed by atoms with Crippen LogP contribution in [0.1, 0.15) is 0 Å². The number of ether oxygens (including phenoxy) is 1. The van der Waals surface area contributed by atoms with Crippen LogP contribution in [-0.2, 0) is 4.74 Å². The fraction of sp³-hybridized carbons (Fsp3) is 1.00. The van der Waals surface area contributed by atoms with E-state index in [-0.39, 0.29) is 6.61 Å². The molecule has 0 fully saturated rings. The first-order chi connectivity index (χ1) is 3.98. The highest BCUT2D eigenvalue weighted by atomic mass is 35.6. The first kappa shape index (κ1) is 10.1. The molecule has 0 saturated carbocycles. The molecule has 0 aliphatic carbocycles. The molecule has 0 aliphatic rings. The van der Waals surface area contributed by atoms with Gasteiger partial charge in [0.15, 0.2) is 0 Å². The average Bonchev–Trinajstić information content (AvgIpc) is 1.64. The lowest BCUT2D eigenvalue weighted by Gasteiger charge is -2.16. The normalized spacial score (nSPS) is 15.7. The molecule has 1 nitrogen and oxygen atoms in total. The van der Waals surface area contributed by atoms with Gasteiger partial charge in [-0.2, -0.15) is 0 Å². The van der Waals surface area contributed by atoms with Gasteiger partial charge in [0, 0.05) is 7.11 Å². The van der Waals surface area contributed by atoms with Crippen LogP contribution in [-0.4, -0.2) is 22.9 Å². The summed E-state index contributed by atoms with van der Waals surface area (Å²) >= 11 is 21.7. The van der Waals surface area contributed by atoms with E-state index >= 15 is 0 Å². The zero-order chi connectivity index (χ0) is 7.49. The Labute approximate surface area is 74.2 Å². The Hall–Kier alpha value is 1.12. The Kier molecular flexibility index (Phi) is 4.60. The largest absolute Gasteiger partial charge is 0.383 e. The number of hydrogen-bond donors (Lipinski definition) is 0. The maximum atomic E-state index is 5.54. The van der Waals surface area contributed by atoms with E-state index in [1.807, 2.05) is 0 Å². The summed E-state index contributed by atoms with van der Waals surface area (Å²) in [5.41, 5.74) is 0.